The van der Waals surface area contributed by atoms with E-state index in [1.165, 1.54) is 0 Å². The summed E-state index contributed by atoms with van der Waals surface area (Å²) in [6.45, 7) is 5.74. The zero-order valence-electron chi connectivity index (χ0n) is 17.7. The number of carbonyl (C=O) groups is 3. The van der Waals surface area contributed by atoms with Crippen LogP contribution in [0.4, 0.5) is 0 Å². The van der Waals surface area contributed by atoms with Crippen molar-refractivity contribution in [2.45, 2.75) is 58.2 Å². The summed E-state index contributed by atoms with van der Waals surface area (Å²) in [7, 11) is 0. The smallest absolute Gasteiger partial charge is 0.306 e. The van der Waals surface area contributed by atoms with E-state index in [9.17, 15) is 19.5 Å². The number of rotatable bonds is 4. The molecule has 0 unspecified atom stereocenters. The lowest BCUT2D eigenvalue weighted by molar-refractivity contribution is -0.193. The summed E-state index contributed by atoms with van der Waals surface area (Å²) in [4.78, 5) is 37.3. The zero-order chi connectivity index (χ0) is 21.9. The Morgan fingerprint density at radius 2 is 2.03 bits per heavy atom. The molecular formula is C24H29ClO5. The van der Waals surface area contributed by atoms with Crippen molar-refractivity contribution in [1.82, 2.24) is 0 Å². The van der Waals surface area contributed by atoms with Crippen molar-refractivity contribution in [3.8, 4) is 0 Å². The second-order valence-electron chi connectivity index (χ2n) is 9.63. The van der Waals surface area contributed by atoms with Crippen LogP contribution < -0.4 is 0 Å². The van der Waals surface area contributed by atoms with Gasteiger partial charge < -0.3 is 9.84 Å². The van der Waals surface area contributed by atoms with Gasteiger partial charge in [0.1, 0.15) is 0 Å². The number of aliphatic hydroxyl groups is 1. The second kappa shape index (κ2) is 7.16. The van der Waals surface area contributed by atoms with Crippen molar-refractivity contribution in [3.05, 3.63) is 36.0 Å². The number of Topliss-reactive ketones (excluding diaryl/α,β-unsaturated/α-hetero) is 1. The van der Waals surface area contributed by atoms with Crippen LogP contribution >= 0.6 is 11.6 Å². The van der Waals surface area contributed by atoms with E-state index < -0.39 is 28.5 Å². The van der Waals surface area contributed by atoms with Crippen LogP contribution in [0.2, 0.25) is 0 Å². The molecule has 0 spiro atoms. The first-order valence-corrected chi connectivity index (χ1v) is 11.3. The first kappa shape index (κ1) is 21.5. The lowest BCUT2D eigenvalue weighted by atomic mass is 9.48. The minimum atomic E-state index is -1.30. The Kier molecular flexibility index (Phi) is 5.14. The van der Waals surface area contributed by atoms with Gasteiger partial charge in [-0.3, -0.25) is 14.4 Å². The summed E-state index contributed by atoms with van der Waals surface area (Å²) in [6, 6.07) is 0. The average Bonchev–Trinajstić information content (AvgIpc) is 3.00. The van der Waals surface area contributed by atoms with Gasteiger partial charge in [0.05, 0.1) is 12.0 Å². The maximum atomic E-state index is 13.1. The number of carbonyl (C=O) groups excluding carboxylic acids is 3. The Morgan fingerprint density at radius 3 is 2.70 bits per heavy atom. The Morgan fingerprint density at radius 1 is 1.30 bits per heavy atom. The molecule has 0 amide bonds. The van der Waals surface area contributed by atoms with Gasteiger partial charge in [-0.25, -0.2) is 0 Å². The Balaban J connectivity index is 1.80. The topological polar surface area (TPSA) is 80.7 Å². The molecule has 6 heteroatoms. The molecule has 4 aliphatic carbocycles. The first-order chi connectivity index (χ1) is 14.1. The fourth-order valence-corrected chi connectivity index (χ4v) is 7.04. The quantitative estimate of drug-likeness (QED) is 0.542. The predicted molar refractivity (Wildman–Crippen MR) is 113 cm³/mol. The maximum Gasteiger partial charge on any atom is 0.306 e. The molecule has 0 aromatic carbocycles. The van der Waals surface area contributed by atoms with Crippen LogP contribution in [0.25, 0.3) is 0 Å². The zero-order valence-corrected chi connectivity index (χ0v) is 18.4. The standard InChI is InChI=1S/C24H29ClO5/c1-4-20(29)30-24(19(28)13-25)10-8-17-16-6-5-14-11-15(26)7-9-22(14,2)21(16)18(27)12-23(17,24)3/h5-7,9,11,16-18,21,27H,4,8,10,12-13H2,1-3H3/t16-,17-,18-,21+,22-,23-,24+/m0/s1. The van der Waals surface area contributed by atoms with Crippen LogP contribution in [-0.4, -0.2) is 40.2 Å². The van der Waals surface area contributed by atoms with Gasteiger partial charge >= 0.3 is 5.97 Å². The third kappa shape index (κ3) is 2.74. The highest BCUT2D eigenvalue weighted by atomic mass is 35.5. The SMILES string of the molecule is CCC(=O)O[C@@]1(C(=O)CCl)CC[C@H]2[C@@H]3C=CC4=CC(=O)C=C[C@]4(C)[C@H]3[C@@H](O)C[C@@]21C. The van der Waals surface area contributed by atoms with Gasteiger partial charge in [-0.2, -0.15) is 0 Å². The molecule has 7 atom stereocenters. The highest BCUT2D eigenvalue weighted by molar-refractivity contribution is 6.29. The second-order valence-corrected chi connectivity index (χ2v) is 9.89. The first-order valence-electron chi connectivity index (χ1n) is 10.8. The van der Waals surface area contributed by atoms with Crippen molar-refractivity contribution in [3.63, 3.8) is 0 Å². The highest BCUT2D eigenvalue weighted by Crippen LogP contribution is 2.66. The molecule has 0 heterocycles. The van der Waals surface area contributed by atoms with Crippen molar-refractivity contribution >= 4 is 29.1 Å². The molecule has 0 aromatic rings. The number of ketones is 2. The van der Waals surface area contributed by atoms with Gasteiger partial charge in [0.2, 0.25) is 0 Å². The number of aliphatic hydroxyl groups excluding tert-OH is 1. The van der Waals surface area contributed by atoms with Crippen LogP contribution in [0.5, 0.6) is 0 Å². The van der Waals surface area contributed by atoms with E-state index in [1.807, 2.05) is 19.1 Å². The summed E-state index contributed by atoms with van der Waals surface area (Å²) in [5, 5.41) is 11.4. The molecule has 4 aliphatic rings. The molecule has 2 saturated carbocycles. The normalized spacial score (nSPS) is 44.0. The number of hydrogen-bond acceptors (Lipinski definition) is 5. The number of allylic oxidation sites excluding steroid dienone is 6. The number of alkyl halides is 1. The number of halogens is 1. The molecule has 1 N–H and O–H groups in total. The molecule has 0 radical (unpaired) electrons. The van der Waals surface area contributed by atoms with Crippen molar-refractivity contribution < 1.29 is 24.2 Å². The van der Waals surface area contributed by atoms with E-state index >= 15 is 0 Å². The van der Waals surface area contributed by atoms with E-state index in [2.05, 4.69) is 13.0 Å². The van der Waals surface area contributed by atoms with Crippen LogP contribution in [0.15, 0.2) is 36.0 Å². The van der Waals surface area contributed by atoms with Gasteiger partial charge in [0.25, 0.3) is 0 Å². The van der Waals surface area contributed by atoms with E-state index in [0.29, 0.717) is 19.3 Å². The molecule has 5 nitrogen and oxygen atoms in total. The number of hydrogen-bond donors (Lipinski definition) is 1. The fourth-order valence-electron chi connectivity index (χ4n) is 6.83. The number of esters is 1. The summed E-state index contributed by atoms with van der Waals surface area (Å²) < 4.78 is 5.87. The summed E-state index contributed by atoms with van der Waals surface area (Å²) in [5.74, 6) is -1.02. The Hall–Kier alpha value is -1.72. The van der Waals surface area contributed by atoms with Crippen molar-refractivity contribution in [1.29, 1.82) is 0 Å². The summed E-state index contributed by atoms with van der Waals surface area (Å²) in [5.41, 5.74) is -1.55. The van der Waals surface area contributed by atoms with Gasteiger partial charge in [-0.05, 0) is 48.8 Å². The molecule has 4 rings (SSSR count). The maximum absolute atomic E-state index is 13.1. The third-order valence-electron chi connectivity index (χ3n) is 8.33. The van der Waals surface area contributed by atoms with E-state index in [4.69, 9.17) is 16.3 Å². The average molecular weight is 433 g/mol. The van der Waals surface area contributed by atoms with Gasteiger partial charge in [-0.15, -0.1) is 11.6 Å². The Bertz CT molecular complexity index is 888. The van der Waals surface area contributed by atoms with Gasteiger partial charge in [0, 0.05) is 23.2 Å². The van der Waals surface area contributed by atoms with Crippen LogP contribution in [-0.2, 0) is 19.1 Å². The van der Waals surface area contributed by atoms with E-state index in [0.717, 1.165) is 5.57 Å². The van der Waals surface area contributed by atoms with E-state index in [1.54, 1.807) is 19.1 Å². The molecule has 0 saturated heterocycles. The lowest BCUT2D eigenvalue weighted by Gasteiger charge is -2.58. The van der Waals surface area contributed by atoms with Crippen LogP contribution in [0.1, 0.15) is 46.5 Å². The molecule has 30 heavy (non-hydrogen) atoms. The van der Waals surface area contributed by atoms with Crippen LogP contribution in [0, 0.1) is 28.6 Å². The molecule has 0 aliphatic heterocycles. The lowest BCUT2D eigenvalue weighted by Crippen LogP contribution is -2.62. The molecule has 2 fully saturated rings. The minimum absolute atomic E-state index is 0.00378. The Labute approximate surface area is 182 Å². The molecular weight excluding hydrogens is 404 g/mol. The number of ether oxygens (including phenoxy) is 1. The van der Waals surface area contributed by atoms with Gasteiger partial charge in [-0.1, -0.05) is 39.0 Å². The van der Waals surface area contributed by atoms with Gasteiger partial charge in [0.15, 0.2) is 17.2 Å². The summed E-state index contributed by atoms with van der Waals surface area (Å²) >= 11 is 5.98. The van der Waals surface area contributed by atoms with Crippen molar-refractivity contribution in [2.75, 3.05) is 5.88 Å². The van der Waals surface area contributed by atoms with Crippen molar-refractivity contribution in [2.24, 2.45) is 28.6 Å². The number of fused-ring (bicyclic) bond motifs is 5. The third-order valence-corrected chi connectivity index (χ3v) is 8.57. The predicted octanol–water partition coefficient (Wildman–Crippen LogP) is 3.54. The minimum Gasteiger partial charge on any atom is -0.450 e. The fraction of sp³-hybridized carbons (Fsp3) is 0.625. The summed E-state index contributed by atoms with van der Waals surface area (Å²) in [6.07, 6.45) is 10.2. The molecule has 0 aromatic heterocycles. The van der Waals surface area contributed by atoms with E-state index in [-0.39, 0.29) is 41.6 Å². The molecule has 162 valence electrons. The monoisotopic (exact) mass is 432 g/mol. The highest BCUT2D eigenvalue weighted by Gasteiger charge is 2.69. The van der Waals surface area contributed by atoms with Crippen LogP contribution in [0.3, 0.4) is 0 Å². The molecule has 0 bridgehead atoms. The largest absolute Gasteiger partial charge is 0.450 e.